The fraction of sp³-hybridized carbons (Fsp3) is 0.565. The standard InChI is InChI=1S/C23H31N3O2/c1-25-21-12-5-3-10-18(21)19(23(25)28)16-22(27)24-13-7-15-26-14-6-9-17-8-2-4-11-20(17)26/h2,4,8,11,21H,3,5-7,9-10,12-16H2,1H3,(H,24,27). The first kappa shape index (κ1) is 19.0. The van der Waals surface area contributed by atoms with Crippen LogP contribution in [0.4, 0.5) is 5.69 Å². The van der Waals surface area contributed by atoms with Gasteiger partial charge in [0.15, 0.2) is 0 Å². The first-order valence-electron chi connectivity index (χ1n) is 10.7. The first-order chi connectivity index (χ1) is 13.6. The van der Waals surface area contributed by atoms with Crippen molar-refractivity contribution in [2.45, 2.75) is 57.4 Å². The molecule has 1 aliphatic carbocycles. The zero-order valence-electron chi connectivity index (χ0n) is 16.9. The number of hydrogen-bond donors (Lipinski definition) is 1. The molecule has 0 radical (unpaired) electrons. The van der Waals surface area contributed by atoms with Gasteiger partial charge < -0.3 is 15.1 Å². The minimum Gasteiger partial charge on any atom is -0.371 e. The van der Waals surface area contributed by atoms with E-state index in [9.17, 15) is 9.59 Å². The van der Waals surface area contributed by atoms with Crippen LogP contribution in [0.1, 0.15) is 50.5 Å². The van der Waals surface area contributed by atoms with Crippen LogP contribution in [-0.4, -0.2) is 49.4 Å². The van der Waals surface area contributed by atoms with Gasteiger partial charge in [-0.05, 0) is 55.7 Å². The van der Waals surface area contributed by atoms with Crippen molar-refractivity contribution >= 4 is 17.5 Å². The first-order valence-corrected chi connectivity index (χ1v) is 10.7. The van der Waals surface area contributed by atoms with Crippen LogP contribution in [0.3, 0.4) is 0 Å². The van der Waals surface area contributed by atoms with Gasteiger partial charge in [-0.3, -0.25) is 9.59 Å². The predicted molar refractivity (Wildman–Crippen MR) is 111 cm³/mol. The average molecular weight is 382 g/mol. The summed E-state index contributed by atoms with van der Waals surface area (Å²) >= 11 is 0. The van der Waals surface area contributed by atoms with Gasteiger partial charge in [-0.15, -0.1) is 0 Å². The zero-order chi connectivity index (χ0) is 19.5. The van der Waals surface area contributed by atoms with Crippen LogP contribution in [-0.2, 0) is 16.0 Å². The van der Waals surface area contributed by atoms with Gasteiger partial charge in [0.1, 0.15) is 0 Å². The second-order valence-electron chi connectivity index (χ2n) is 8.28. The number of para-hydroxylation sites is 1. The van der Waals surface area contributed by atoms with Gasteiger partial charge >= 0.3 is 0 Å². The lowest BCUT2D eigenvalue weighted by molar-refractivity contribution is -0.127. The summed E-state index contributed by atoms with van der Waals surface area (Å²) in [7, 11) is 1.87. The number of fused-ring (bicyclic) bond motifs is 2. The van der Waals surface area contributed by atoms with Crippen LogP contribution in [0.15, 0.2) is 35.4 Å². The predicted octanol–water partition coefficient (Wildman–Crippen LogP) is 3.05. The SMILES string of the molecule is CN1C(=O)C(CC(=O)NCCCN2CCCc3ccccc32)=C2CCCCC21. The average Bonchev–Trinajstić information content (AvgIpc) is 2.96. The Kier molecular flexibility index (Phi) is 5.69. The van der Waals surface area contributed by atoms with Crippen molar-refractivity contribution in [3.63, 3.8) is 0 Å². The van der Waals surface area contributed by atoms with Gasteiger partial charge in [-0.2, -0.15) is 0 Å². The molecule has 0 spiro atoms. The van der Waals surface area contributed by atoms with Gasteiger partial charge in [-0.25, -0.2) is 0 Å². The van der Waals surface area contributed by atoms with Gasteiger partial charge in [0.05, 0.1) is 12.5 Å². The Morgan fingerprint density at radius 3 is 2.93 bits per heavy atom. The largest absolute Gasteiger partial charge is 0.371 e. The molecule has 1 fully saturated rings. The Hall–Kier alpha value is -2.30. The lowest BCUT2D eigenvalue weighted by Crippen LogP contribution is -2.34. The number of hydrogen-bond acceptors (Lipinski definition) is 3. The molecule has 5 heteroatoms. The van der Waals surface area contributed by atoms with Crippen molar-refractivity contribution < 1.29 is 9.59 Å². The summed E-state index contributed by atoms with van der Waals surface area (Å²) in [6, 6.07) is 8.86. The molecule has 2 heterocycles. The Bertz CT molecular complexity index is 786. The molecule has 0 saturated heterocycles. The highest BCUT2D eigenvalue weighted by atomic mass is 16.2. The molecule has 1 N–H and O–H groups in total. The number of nitrogens with zero attached hydrogens (tertiary/aromatic N) is 2. The quantitative estimate of drug-likeness (QED) is 0.771. The van der Waals surface area contributed by atoms with E-state index in [4.69, 9.17) is 0 Å². The molecule has 4 rings (SSSR count). The molecule has 150 valence electrons. The Labute approximate surface area is 167 Å². The van der Waals surface area contributed by atoms with Crippen LogP contribution in [0.5, 0.6) is 0 Å². The summed E-state index contributed by atoms with van der Waals surface area (Å²) in [4.78, 5) is 29.3. The molecule has 1 aromatic rings. The van der Waals surface area contributed by atoms with Crippen LogP contribution in [0, 0.1) is 0 Å². The summed E-state index contributed by atoms with van der Waals surface area (Å²) < 4.78 is 0. The molecule has 3 aliphatic rings. The fourth-order valence-corrected chi connectivity index (χ4v) is 5.02. The van der Waals surface area contributed by atoms with E-state index in [2.05, 4.69) is 34.5 Å². The molecule has 2 amide bonds. The maximum absolute atomic E-state index is 12.5. The van der Waals surface area contributed by atoms with E-state index in [1.54, 1.807) is 0 Å². The summed E-state index contributed by atoms with van der Waals surface area (Å²) in [6.07, 6.45) is 7.82. The highest BCUT2D eigenvalue weighted by Crippen LogP contribution is 2.36. The van der Waals surface area contributed by atoms with Gasteiger partial charge in [0, 0.05) is 37.9 Å². The topological polar surface area (TPSA) is 52.7 Å². The molecule has 0 aromatic heterocycles. The van der Waals surface area contributed by atoms with E-state index in [1.807, 2.05) is 11.9 Å². The fourth-order valence-electron chi connectivity index (χ4n) is 5.02. The van der Waals surface area contributed by atoms with E-state index in [0.717, 1.165) is 50.8 Å². The maximum atomic E-state index is 12.5. The van der Waals surface area contributed by atoms with Crippen LogP contribution < -0.4 is 10.2 Å². The van der Waals surface area contributed by atoms with Crippen molar-refractivity contribution in [2.24, 2.45) is 0 Å². The van der Waals surface area contributed by atoms with Crippen LogP contribution in [0.25, 0.3) is 0 Å². The number of aryl methyl sites for hydroxylation is 1. The minimum atomic E-state index is -0.0190. The van der Waals surface area contributed by atoms with Crippen LogP contribution in [0.2, 0.25) is 0 Å². The zero-order valence-corrected chi connectivity index (χ0v) is 16.9. The molecule has 1 aromatic carbocycles. The lowest BCUT2D eigenvalue weighted by atomic mass is 9.88. The molecule has 1 unspecified atom stereocenters. The number of likely N-dealkylation sites (N-methyl/N-ethyl adjacent to an activating group) is 1. The van der Waals surface area contributed by atoms with Gasteiger partial charge in [0.25, 0.3) is 5.91 Å². The summed E-state index contributed by atoms with van der Waals surface area (Å²) in [5, 5.41) is 3.03. The third-order valence-electron chi connectivity index (χ3n) is 6.48. The number of amides is 2. The number of rotatable bonds is 6. The smallest absolute Gasteiger partial charge is 0.250 e. The van der Waals surface area contributed by atoms with Crippen molar-refractivity contribution in [2.75, 3.05) is 31.6 Å². The van der Waals surface area contributed by atoms with Crippen molar-refractivity contribution in [3.8, 4) is 0 Å². The normalized spacial score (nSPS) is 21.6. The molecule has 0 bridgehead atoms. The van der Waals surface area contributed by atoms with Gasteiger partial charge in [-0.1, -0.05) is 24.6 Å². The Morgan fingerprint density at radius 1 is 1.18 bits per heavy atom. The van der Waals surface area contributed by atoms with E-state index in [-0.39, 0.29) is 24.3 Å². The molecular formula is C23H31N3O2. The second-order valence-corrected chi connectivity index (χ2v) is 8.28. The summed E-state index contributed by atoms with van der Waals surface area (Å²) in [5.74, 6) is 0.0384. The highest BCUT2D eigenvalue weighted by molar-refractivity contribution is 6.02. The summed E-state index contributed by atoms with van der Waals surface area (Å²) in [6.45, 7) is 2.70. The molecule has 5 nitrogen and oxygen atoms in total. The molecule has 28 heavy (non-hydrogen) atoms. The minimum absolute atomic E-state index is 0.0190. The maximum Gasteiger partial charge on any atom is 0.250 e. The molecule has 2 aliphatic heterocycles. The highest BCUT2D eigenvalue weighted by Gasteiger charge is 2.38. The number of carbonyl (C=O) groups is 2. The van der Waals surface area contributed by atoms with Crippen molar-refractivity contribution in [3.05, 3.63) is 41.0 Å². The van der Waals surface area contributed by atoms with Crippen LogP contribution >= 0.6 is 0 Å². The third-order valence-corrected chi connectivity index (χ3v) is 6.48. The van der Waals surface area contributed by atoms with Crippen molar-refractivity contribution in [1.82, 2.24) is 10.2 Å². The Balaban J connectivity index is 1.26. The second kappa shape index (κ2) is 8.38. The van der Waals surface area contributed by atoms with E-state index < -0.39 is 0 Å². The van der Waals surface area contributed by atoms with E-state index >= 15 is 0 Å². The van der Waals surface area contributed by atoms with Gasteiger partial charge in [0.2, 0.25) is 5.91 Å². The third kappa shape index (κ3) is 3.80. The van der Waals surface area contributed by atoms with Crippen molar-refractivity contribution in [1.29, 1.82) is 0 Å². The lowest BCUT2D eigenvalue weighted by Gasteiger charge is -2.31. The summed E-state index contributed by atoms with van der Waals surface area (Å²) in [5.41, 5.74) is 4.75. The number of anilines is 1. The molecule has 1 saturated carbocycles. The Morgan fingerprint density at radius 2 is 2.04 bits per heavy atom. The molecular weight excluding hydrogens is 350 g/mol. The monoisotopic (exact) mass is 381 g/mol. The number of carbonyl (C=O) groups excluding carboxylic acids is 2. The number of benzene rings is 1. The number of nitrogens with one attached hydrogen (secondary N) is 1. The van der Waals surface area contributed by atoms with E-state index in [1.165, 1.54) is 29.7 Å². The molecule has 1 atom stereocenters. The van der Waals surface area contributed by atoms with E-state index in [0.29, 0.717) is 6.54 Å².